The molecule has 0 radical (unpaired) electrons. The number of anilines is 2. The number of nitrogens with zero attached hydrogens (tertiary/aromatic N) is 1. The molecule has 0 bridgehead atoms. The van der Waals surface area contributed by atoms with Crippen LogP contribution in [0.5, 0.6) is 11.5 Å². The van der Waals surface area contributed by atoms with Gasteiger partial charge < -0.3 is 14.8 Å². The van der Waals surface area contributed by atoms with Crippen LogP contribution in [0.25, 0.3) is 0 Å². The highest BCUT2D eigenvalue weighted by Gasteiger charge is 2.22. The number of ether oxygens (including phenoxy) is 2. The lowest BCUT2D eigenvalue weighted by molar-refractivity contribution is -0.114. The molecular weight excluding hydrogens is 392 g/mol. The van der Waals surface area contributed by atoms with E-state index < -0.39 is 15.9 Å². The molecule has 0 unspecified atom stereocenters. The van der Waals surface area contributed by atoms with E-state index in [1.54, 1.807) is 43.3 Å². The van der Waals surface area contributed by atoms with E-state index in [0.717, 1.165) is 10.6 Å². The van der Waals surface area contributed by atoms with Crippen LogP contribution >= 0.6 is 11.6 Å². The fourth-order valence-electron chi connectivity index (χ4n) is 2.52. The van der Waals surface area contributed by atoms with Crippen LogP contribution in [-0.2, 0) is 14.8 Å². The molecule has 9 heteroatoms. The molecule has 2 rings (SSSR count). The first-order valence-corrected chi connectivity index (χ1v) is 10.1. The van der Waals surface area contributed by atoms with Gasteiger partial charge in [-0.3, -0.25) is 9.10 Å². The predicted molar refractivity (Wildman–Crippen MR) is 107 cm³/mol. The van der Waals surface area contributed by atoms with Crippen molar-refractivity contribution in [3.63, 3.8) is 0 Å². The molecule has 0 atom stereocenters. The zero-order chi connectivity index (χ0) is 20.2. The van der Waals surface area contributed by atoms with Crippen LogP contribution in [0.15, 0.2) is 36.4 Å². The minimum absolute atomic E-state index is 0.379. The molecule has 0 saturated carbocycles. The summed E-state index contributed by atoms with van der Waals surface area (Å²) in [4.78, 5) is 12.5. The summed E-state index contributed by atoms with van der Waals surface area (Å²) in [6.45, 7) is 1.35. The quantitative estimate of drug-likeness (QED) is 0.755. The number of sulfonamides is 1. The average molecular weight is 413 g/mol. The molecule has 0 aliphatic carbocycles. The lowest BCUT2D eigenvalue weighted by atomic mass is 10.2. The van der Waals surface area contributed by atoms with Crippen molar-refractivity contribution in [1.82, 2.24) is 0 Å². The minimum Gasteiger partial charge on any atom is -0.493 e. The van der Waals surface area contributed by atoms with Crippen LogP contribution in [0.1, 0.15) is 5.56 Å². The van der Waals surface area contributed by atoms with Crippen LogP contribution < -0.4 is 19.1 Å². The van der Waals surface area contributed by atoms with Gasteiger partial charge in [0, 0.05) is 16.8 Å². The lowest BCUT2D eigenvalue weighted by Crippen LogP contribution is -2.37. The minimum atomic E-state index is -3.68. The summed E-state index contributed by atoms with van der Waals surface area (Å²) < 4.78 is 35.8. The maximum atomic E-state index is 12.5. The van der Waals surface area contributed by atoms with Gasteiger partial charge in [-0.1, -0.05) is 11.6 Å². The summed E-state index contributed by atoms with van der Waals surface area (Å²) in [6, 6.07) is 9.66. The van der Waals surface area contributed by atoms with Gasteiger partial charge in [-0.15, -0.1) is 0 Å². The monoisotopic (exact) mass is 412 g/mol. The van der Waals surface area contributed by atoms with Crippen LogP contribution in [0.4, 0.5) is 11.4 Å². The molecule has 0 saturated heterocycles. The van der Waals surface area contributed by atoms with Crippen LogP contribution in [0.3, 0.4) is 0 Å². The second-order valence-corrected chi connectivity index (χ2v) is 8.16. The van der Waals surface area contributed by atoms with E-state index >= 15 is 0 Å². The van der Waals surface area contributed by atoms with Gasteiger partial charge in [0.1, 0.15) is 6.54 Å². The number of carbonyl (C=O) groups excluding carboxylic acids is 1. The van der Waals surface area contributed by atoms with Gasteiger partial charge in [0.05, 0.1) is 26.2 Å². The van der Waals surface area contributed by atoms with Crippen molar-refractivity contribution < 1.29 is 22.7 Å². The van der Waals surface area contributed by atoms with Gasteiger partial charge in [0.15, 0.2) is 11.5 Å². The summed E-state index contributed by atoms with van der Waals surface area (Å²) in [7, 11) is -0.687. The van der Waals surface area contributed by atoms with E-state index in [4.69, 9.17) is 21.1 Å². The number of aryl methyl sites for hydroxylation is 1. The fourth-order valence-corrected chi connectivity index (χ4v) is 3.67. The number of carbonyl (C=O) groups is 1. The Morgan fingerprint density at radius 1 is 1.11 bits per heavy atom. The molecule has 1 N–H and O–H groups in total. The zero-order valence-corrected chi connectivity index (χ0v) is 17.0. The third-order valence-electron chi connectivity index (χ3n) is 3.78. The third kappa shape index (κ3) is 5.27. The topological polar surface area (TPSA) is 84.9 Å². The van der Waals surface area contributed by atoms with Crippen LogP contribution in [-0.4, -0.2) is 41.3 Å². The molecule has 0 aliphatic rings. The van der Waals surface area contributed by atoms with Gasteiger partial charge >= 0.3 is 0 Å². The van der Waals surface area contributed by atoms with Crippen LogP contribution in [0, 0.1) is 6.92 Å². The molecular formula is C18H21ClN2O5S. The highest BCUT2D eigenvalue weighted by molar-refractivity contribution is 7.92. The molecule has 2 aromatic rings. The zero-order valence-electron chi connectivity index (χ0n) is 15.4. The van der Waals surface area contributed by atoms with Gasteiger partial charge in [-0.2, -0.15) is 0 Å². The summed E-state index contributed by atoms with van der Waals surface area (Å²) in [5.41, 5.74) is 1.50. The van der Waals surface area contributed by atoms with Gasteiger partial charge in [0.2, 0.25) is 15.9 Å². The number of nitrogens with one attached hydrogen (secondary N) is 1. The Hall–Kier alpha value is -2.45. The van der Waals surface area contributed by atoms with Gasteiger partial charge in [-0.05, 0) is 42.8 Å². The normalized spacial score (nSPS) is 11.0. The Balaban J connectivity index is 2.25. The second-order valence-electron chi connectivity index (χ2n) is 5.82. The molecule has 27 heavy (non-hydrogen) atoms. The predicted octanol–water partition coefficient (Wildman–Crippen LogP) is 3.07. The molecule has 0 heterocycles. The molecule has 0 aliphatic heterocycles. The largest absolute Gasteiger partial charge is 0.493 e. The van der Waals surface area contributed by atoms with Crippen molar-refractivity contribution in [3.05, 3.63) is 47.0 Å². The smallest absolute Gasteiger partial charge is 0.245 e. The number of hydrogen-bond donors (Lipinski definition) is 1. The second kappa shape index (κ2) is 8.49. The Morgan fingerprint density at radius 3 is 2.33 bits per heavy atom. The maximum absolute atomic E-state index is 12.5. The highest BCUT2D eigenvalue weighted by Crippen LogP contribution is 2.30. The number of rotatable bonds is 7. The fraction of sp³-hybridized carbons (Fsp3) is 0.278. The van der Waals surface area contributed by atoms with E-state index in [9.17, 15) is 13.2 Å². The average Bonchev–Trinajstić information content (AvgIpc) is 2.59. The number of benzene rings is 2. The molecule has 1 amide bonds. The Labute approximate surface area is 163 Å². The number of hydrogen-bond acceptors (Lipinski definition) is 5. The molecule has 0 aromatic heterocycles. The van der Waals surface area contributed by atoms with Crippen molar-refractivity contribution in [1.29, 1.82) is 0 Å². The van der Waals surface area contributed by atoms with E-state index in [2.05, 4.69) is 5.32 Å². The first kappa shape index (κ1) is 20.9. The first-order chi connectivity index (χ1) is 12.7. The molecule has 146 valence electrons. The van der Waals surface area contributed by atoms with E-state index in [1.165, 1.54) is 14.2 Å². The van der Waals surface area contributed by atoms with E-state index in [0.29, 0.717) is 33.5 Å². The number of amides is 1. The Bertz CT molecular complexity index is 947. The standard InChI is InChI=1S/C18H21ClN2O5S/c1-12-9-13(19)5-7-15(12)21(27(4,23)24)11-18(22)20-14-6-8-16(25-2)17(10-14)26-3/h5-10H,11H2,1-4H3,(H,20,22). The van der Waals surface area contributed by atoms with Crippen molar-refractivity contribution >= 4 is 38.9 Å². The van der Waals surface area contributed by atoms with Crippen molar-refractivity contribution in [2.75, 3.05) is 36.6 Å². The number of halogens is 1. The van der Waals surface area contributed by atoms with E-state index in [1.807, 2.05) is 0 Å². The van der Waals surface area contributed by atoms with Gasteiger partial charge in [0.25, 0.3) is 0 Å². The Kier molecular flexibility index (Phi) is 6.56. The number of methoxy groups -OCH3 is 2. The van der Waals surface area contributed by atoms with Gasteiger partial charge in [-0.25, -0.2) is 8.42 Å². The maximum Gasteiger partial charge on any atom is 0.245 e. The van der Waals surface area contributed by atoms with Crippen molar-refractivity contribution in [2.45, 2.75) is 6.92 Å². The first-order valence-electron chi connectivity index (χ1n) is 7.91. The highest BCUT2D eigenvalue weighted by atomic mass is 35.5. The van der Waals surface area contributed by atoms with Crippen molar-refractivity contribution in [3.8, 4) is 11.5 Å². The summed E-state index contributed by atoms with van der Waals surface area (Å²) in [5.74, 6) is 0.468. The SMILES string of the molecule is COc1ccc(NC(=O)CN(c2ccc(Cl)cc2C)S(C)(=O)=O)cc1OC. The molecule has 0 fully saturated rings. The summed E-state index contributed by atoms with van der Waals surface area (Å²) in [5, 5.41) is 3.15. The third-order valence-corrected chi connectivity index (χ3v) is 5.14. The van der Waals surface area contributed by atoms with Crippen LogP contribution in [0.2, 0.25) is 5.02 Å². The van der Waals surface area contributed by atoms with E-state index in [-0.39, 0.29) is 6.54 Å². The lowest BCUT2D eigenvalue weighted by Gasteiger charge is -2.23. The summed E-state index contributed by atoms with van der Waals surface area (Å²) in [6.07, 6.45) is 1.05. The van der Waals surface area contributed by atoms with Crippen molar-refractivity contribution in [2.24, 2.45) is 0 Å². The molecule has 0 spiro atoms. The molecule has 2 aromatic carbocycles. The summed E-state index contributed by atoms with van der Waals surface area (Å²) >= 11 is 5.93. The molecule has 7 nitrogen and oxygen atoms in total. The Morgan fingerprint density at radius 2 is 1.78 bits per heavy atom.